The molecule has 1 amide bonds. The summed E-state index contributed by atoms with van der Waals surface area (Å²) in [7, 11) is 0. The minimum Gasteiger partial charge on any atom is -0.344 e. The number of hydrogen-bond acceptors (Lipinski definition) is 7. The maximum Gasteiger partial charge on any atom is 0.452 e. The second kappa shape index (κ2) is 9.56. The smallest absolute Gasteiger partial charge is 0.344 e. The van der Waals surface area contributed by atoms with Gasteiger partial charge < -0.3 is 4.98 Å². The molecule has 4 heterocycles. The number of hydrogen-bond donors (Lipinski definition) is 2. The van der Waals surface area contributed by atoms with Crippen molar-refractivity contribution in [3.8, 4) is 5.00 Å². The number of carbonyl (C=O) groups is 1. The van der Waals surface area contributed by atoms with Gasteiger partial charge in [0.15, 0.2) is 5.82 Å². The molecule has 1 aliphatic heterocycles. The minimum absolute atomic E-state index is 0.0936. The minimum atomic E-state index is -4.78. The van der Waals surface area contributed by atoms with E-state index in [0.717, 1.165) is 15.0 Å². The molecule has 0 spiro atoms. The molecule has 1 aliphatic rings. The maximum absolute atomic E-state index is 14.0. The lowest BCUT2D eigenvalue weighted by molar-refractivity contribution is -0.146. The topological polar surface area (TPSA) is 113 Å². The summed E-state index contributed by atoms with van der Waals surface area (Å²) < 4.78 is 43.0. The molecule has 9 nitrogen and oxygen atoms in total. The summed E-state index contributed by atoms with van der Waals surface area (Å²) in [5, 5.41) is 11.9. The number of H-pyrrole nitrogens is 1. The Bertz CT molecular complexity index is 1520. The highest BCUT2D eigenvalue weighted by Gasteiger charge is 2.43. The second-order valence-corrected chi connectivity index (χ2v) is 9.79. The fourth-order valence-electron chi connectivity index (χ4n) is 3.92. The number of rotatable bonds is 5. The van der Waals surface area contributed by atoms with Gasteiger partial charge in [0.2, 0.25) is 11.7 Å². The third kappa shape index (κ3) is 4.79. The van der Waals surface area contributed by atoms with Crippen LogP contribution in [0.15, 0.2) is 46.8 Å². The van der Waals surface area contributed by atoms with Gasteiger partial charge in [0.05, 0.1) is 18.3 Å². The fourth-order valence-corrected chi connectivity index (χ4v) is 5.21. The molecule has 14 heteroatoms. The van der Waals surface area contributed by atoms with Crippen LogP contribution in [-0.4, -0.2) is 42.6 Å². The van der Waals surface area contributed by atoms with E-state index in [1.165, 1.54) is 23.7 Å². The summed E-state index contributed by atoms with van der Waals surface area (Å²) in [5.41, 5.74) is 4.73. The number of amides is 1. The largest absolute Gasteiger partial charge is 0.452 e. The number of aryl methyl sites for hydroxylation is 1. The number of alkyl halides is 3. The van der Waals surface area contributed by atoms with Crippen molar-refractivity contribution in [3.05, 3.63) is 80.7 Å². The van der Waals surface area contributed by atoms with E-state index in [1.54, 1.807) is 30.5 Å². The van der Waals surface area contributed by atoms with Gasteiger partial charge >= 0.3 is 6.18 Å². The van der Waals surface area contributed by atoms with Crippen LogP contribution in [0.5, 0.6) is 0 Å². The van der Waals surface area contributed by atoms with E-state index in [2.05, 4.69) is 30.7 Å². The Morgan fingerprint density at radius 3 is 2.70 bits per heavy atom. The van der Waals surface area contributed by atoms with Crippen LogP contribution >= 0.6 is 22.9 Å². The summed E-state index contributed by atoms with van der Waals surface area (Å²) in [6, 6.07) is 5.74. The fraction of sp³-hybridized carbons (Fsp3) is 0.217. The van der Waals surface area contributed by atoms with Gasteiger partial charge in [-0.2, -0.15) is 18.3 Å². The monoisotopic (exact) mass is 546 g/mol. The molecule has 2 N–H and O–H groups in total. The van der Waals surface area contributed by atoms with Crippen LogP contribution in [0.2, 0.25) is 5.02 Å². The first-order valence-corrected chi connectivity index (χ1v) is 12.1. The van der Waals surface area contributed by atoms with Crippen molar-refractivity contribution in [1.29, 1.82) is 0 Å². The molecule has 1 aromatic carbocycles. The predicted molar refractivity (Wildman–Crippen MR) is 132 cm³/mol. The van der Waals surface area contributed by atoms with Crippen molar-refractivity contribution in [2.75, 3.05) is 0 Å². The number of carbonyl (C=O) groups excluding carboxylic acids is 1. The molecule has 0 saturated heterocycles. The number of hydrazone groups is 1. The first-order valence-electron chi connectivity index (χ1n) is 10.9. The number of nitrogens with zero attached hydrogens (tertiary/aromatic N) is 6. The Morgan fingerprint density at radius 1 is 1.27 bits per heavy atom. The zero-order chi connectivity index (χ0) is 26.3. The summed E-state index contributed by atoms with van der Waals surface area (Å²) in [6.07, 6.45) is -0.680. The molecular weight excluding hydrogens is 529 g/mol. The molecule has 4 aromatic rings. The van der Waals surface area contributed by atoms with Crippen molar-refractivity contribution in [2.24, 2.45) is 10.1 Å². The number of aromatic nitrogens is 5. The molecule has 1 atom stereocenters. The second-order valence-electron chi connectivity index (χ2n) is 8.15. The van der Waals surface area contributed by atoms with Gasteiger partial charge in [-0.3, -0.25) is 14.4 Å². The molecule has 0 saturated carbocycles. The molecular formula is C23H18ClF3N8OS. The molecule has 0 aliphatic carbocycles. The normalized spacial score (nSPS) is 15.3. The standard InChI is InChI=1S/C23H18ClF3N8OS/c1-11-12(2)37-21-18(11)19(13-3-5-14(24)6-4-13)31-15(20-33-34-22(35(20)21)23(25,26)27)9-17(36)32-30-10-16-28-7-8-29-16/h3-8,10,15H,9H2,1-2H3,(H,28,29)(H,32,36)/b30-10+/t15-/m0/s1. The van der Waals surface area contributed by atoms with Crippen LogP contribution in [0.1, 0.15) is 51.5 Å². The number of fused-ring (bicyclic) bond motifs is 3. The predicted octanol–water partition coefficient (Wildman–Crippen LogP) is 4.77. The molecule has 0 unspecified atom stereocenters. The van der Waals surface area contributed by atoms with E-state index in [-0.39, 0.29) is 17.2 Å². The lowest BCUT2D eigenvalue weighted by atomic mass is 9.99. The van der Waals surface area contributed by atoms with Crippen LogP contribution < -0.4 is 5.43 Å². The van der Waals surface area contributed by atoms with Crippen LogP contribution in [0.3, 0.4) is 0 Å². The van der Waals surface area contributed by atoms with Gasteiger partial charge in [-0.1, -0.05) is 23.7 Å². The maximum atomic E-state index is 14.0. The number of imidazole rings is 1. The van der Waals surface area contributed by atoms with E-state index in [1.807, 2.05) is 13.8 Å². The van der Waals surface area contributed by atoms with Crippen molar-refractivity contribution < 1.29 is 18.0 Å². The number of aliphatic imine (C=N–C) groups is 1. The average molecular weight is 547 g/mol. The van der Waals surface area contributed by atoms with Crippen molar-refractivity contribution >= 4 is 40.8 Å². The van der Waals surface area contributed by atoms with E-state index < -0.39 is 23.9 Å². The third-order valence-corrected chi connectivity index (χ3v) is 7.17. The summed E-state index contributed by atoms with van der Waals surface area (Å²) in [6.45, 7) is 3.65. The highest BCUT2D eigenvalue weighted by Crippen LogP contribution is 2.42. The zero-order valence-electron chi connectivity index (χ0n) is 19.3. The number of halogens is 4. The molecule has 5 rings (SSSR count). The first kappa shape index (κ1) is 24.8. The van der Waals surface area contributed by atoms with Gasteiger partial charge in [-0.15, -0.1) is 21.5 Å². The summed E-state index contributed by atoms with van der Waals surface area (Å²) in [5.74, 6) is -1.43. The molecule has 3 aromatic heterocycles. The molecule has 0 fully saturated rings. The number of thiophene rings is 1. The number of nitrogens with one attached hydrogen (secondary N) is 2. The molecule has 0 radical (unpaired) electrons. The van der Waals surface area contributed by atoms with Gasteiger partial charge in [0.25, 0.3) is 0 Å². The van der Waals surface area contributed by atoms with Crippen molar-refractivity contribution in [2.45, 2.75) is 32.5 Å². The quantitative estimate of drug-likeness (QED) is 0.277. The summed E-state index contributed by atoms with van der Waals surface area (Å²) in [4.78, 5) is 25.1. The third-order valence-electron chi connectivity index (χ3n) is 5.72. The van der Waals surface area contributed by atoms with E-state index in [4.69, 9.17) is 16.6 Å². The lowest BCUT2D eigenvalue weighted by Crippen LogP contribution is -2.21. The zero-order valence-corrected chi connectivity index (χ0v) is 20.9. The van der Waals surface area contributed by atoms with E-state index >= 15 is 0 Å². The lowest BCUT2D eigenvalue weighted by Gasteiger charge is -2.13. The van der Waals surface area contributed by atoms with Crippen molar-refractivity contribution in [1.82, 2.24) is 30.2 Å². The van der Waals surface area contributed by atoms with Crippen LogP contribution in [0.4, 0.5) is 13.2 Å². The van der Waals surface area contributed by atoms with Gasteiger partial charge in [-0.25, -0.2) is 10.4 Å². The number of aromatic amines is 1. The Morgan fingerprint density at radius 2 is 2.03 bits per heavy atom. The van der Waals surface area contributed by atoms with Crippen LogP contribution in [0.25, 0.3) is 5.00 Å². The highest BCUT2D eigenvalue weighted by molar-refractivity contribution is 7.15. The van der Waals surface area contributed by atoms with Crippen LogP contribution in [0, 0.1) is 13.8 Å². The van der Waals surface area contributed by atoms with Crippen LogP contribution in [-0.2, 0) is 11.0 Å². The number of benzene rings is 1. The summed E-state index contributed by atoms with van der Waals surface area (Å²) >= 11 is 7.25. The Hall–Kier alpha value is -3.84. The van der Waals surface area contributed by atoms with Gasteiger partial charge in [0, 0.05) is 33.4 Å². The van der Waals surface area contributed by atoms with E-state index in [0.29, 0.717) is 27.7 Å². The molecule has 37 heavy (non-hydrogen) atoms. The first-order chi connectivity index (χ1) is 17.6. The average Bonchev–Trinajstić information content (AvgIpc) is 3.56. The Labute approximate surface area is 217 Å². The van der Waals surface area contributed by atoms with Gasteiger partial charge in [0.1, 0.15) is 16.9 Å². The Kier molecular flexibility index (Phi) is 6.42. The van der Waals surface area contributed by atoms with E-state index in [9.17, 15) is 18.0 Å². The van der Waals surface area contributed by atoms with Gasteiger partial charge in [-0.05, 0) is 31.5 Å². The molecule has 190 valence electrons. The Balaban J connectivity index is 1.62. The SMILES string of the molecule is Cc1sc2c(c1C)C(c1ccc(Cl)cc1)=N[C@@H](CC(=O)N/N=C/c1ncc[nH]1)c1nnc(C(F)(F)F)n1-2. The molecule has 0 bridgehead atoms. The highest BCUT2D eigenvalue weighted by atomic mass is 35.5. The van der Waals surface area contributed by atoms with Crippen molar-refractivity contribution in [3.63, 3.8) is 0 Å².